The highest BCUT2D eigenvalue weighted by Gasteiger charge is 2.14. The monoisotopic (exact) mass is 452 g/mol. The molecule has 0 amide bonds. The van der Waals surface area contributed by atoms with Gasteiger partial charge in [0.1, 0.15) is 0 Å². The van der Waals surface area contributed by atoms with Gasteiger partial charge in [0.15, 0.2) is 0 Å². The van der Waals surface area contributed by atoms with Crippen molar-refractivity contribution in [3.63, 3.8) is 0 Å². The molecule has 0 aromatic carbocycles. The number of carbonyl (C=O) groups is 2. The largest absolute Gasteiger partial charge is 0.463 e. The standard InChI is InChI=1S/C15H18Br2O4S/c1-2-7-13(18)20-8-5-3-4-6-9-21-15(19)11-10-12(16)22-14(11)17/h2,7,10H,3-6,8-9H2,1H3. The Morgan fingerprint density at radius 3 is 2.32 bits per heavy atom. The lowest BCUT2D eigenvalue weighted by Gasteiger charge is -2.04. The van der Waals surface area contributed by atoms with Crippen molar-refractivity contribution in [1.82, 2.24) is 0 Å². The van der Waals surface area contributed by atoms with Crippen LogP contribution in [0.5, 0.6) is 0 Å². The number of allylic oxidation sites excluding steroid dienone is 1. The zero-order chi connectivity index (χ0) is 16.4. The molecule has 1 aromatic rings. The molecule has 0 N–H and O–H groups in total. The first-order valence-electron chi connectivity index (χ1n) is 6.96. The topological polar surface area (TPSA) is 52.6 Å². The van der Waals surface area contributed by atoms with Crippen molar-refractivity contribution >= 4 is 55.1 Å². The van der Waals surface area contributed by atoms with E-state index in [1.807, 2.05) is 0 Å². The molecule has 0 saturated carbocycles. The number of halogens is 2. The molecule has 1 rings (SSSR count). The van der Waals surface area contributed by atoms with E-state index in [4.69, 9.17) is 9.47 Å². The van der Waals surface area contributed by atoms with Gasteiger partial charge in [-0.15, -0.1) is 11.3 Å². The molecule has 22 heavy (non-hydrogen) atoms. The second-order valence-electron chi connectivity index (χ2n) is 4.46. The average Bonchev–Trinajstić information content (AvgIpc) is 2.80. The van der Waals surface area contributed by atoms with E-state index in [1.165, 1.54) is 17.4 Å². The lowest BCUT2D eigenvalue weighted by molar-refractivity contribution is -0.137. The molecule has 0 radical (unpaired) electrons. The molecule has 122 valence electrons. The van der Waals surface area contributed by atoms with E-state index in [9.17, 15) is 9.59 Å². The number of rotatable bonds is 9. The molecule has 0 aliphatic rings. The van der Waals surface area contributed by atoms with Crippen LogP contribution in [0.15, 0.2) is 25.8 Å². The van der Waals surface area contributed by atoms with E-state index in [2.05, 4.69) is 31.9 Å². The van der Waals surface area contributed by atoms with E-state index < -0.39 is 0 Å². The lowest BCUT2D eigenvalue weighted by Crippen LogP contribution is -2.06. The van der Waals surface area contributed by atoms with Gasteiger partial charge in [0, 0.05) is 6.08 Å². The molecule has 0 aliphatic heterocycles. The Hall–Kier alpha value is -0.660. The maximum absolute atomic E-state index is 11.8. The average molecular weight is 454 g/mol. The van der Waals surface area contributed by atoms with Gasteiger partial charge < -0.3 is 9.47 Å². The molecular weight excluding hydrogens is 436 g/mol. The Bertz CT molecular complexity index is 526. The van der Waals surface area contributed by atoms with Gasteiger partial charge >= 0.3 is 11.9 Å². The fourth-order valence-corrected chi connectivity index (χ4v) is 4.40. The summed E-state index contributed by atoms with van der Waals surface area (Å²) in [7, 11) is 0. The normalized spacial score (nSPS) is 10.9. The van der Waals surface area contributed by atoms with Crippen molar-refractivity contribution in [1.29, 1.82) is 0 Å². The van der Waals surface area contributed by atoms with Crippen LogP contribution in [0.3, 0.4) is 0 Å². The van der Waals surface area contributed by atoms with Crippen molar-refractivity contribution < 1.29 is 19.1 Å². The smallest absolute Gasteiger partial charge is 0.340 e. The summed E-state index contributed by atoms with van der Waals surface area (Å²) in [6.07, 6.45) is 6.55. The minimum absolute atomic E-state index is 0.302. The van der Waals surface area contributed by atoms with Crippen molar-refractivity contribution in [2.45, 2.75) is 32.6 Å². The zero-order valence-corrected chi connectivity index (χ0v) is 16.3. The maximum Gasteiger partial charge on any atom is 0.340 e. The predicted molar refractivity (Wildman–Crippen MR) is 94.2 cm³/mol. The highest BCUT2D eigenvalue weighted by atomic mass is 79.9. The quantitative estimate of drug-likeness (QED) is 0.296. The minimum atomic E-state index is -0.311. The number of unbranched alkanes of at least 4 members (excludes halogenated alkanes) is 3. The molecular formula is C15H18Br2O4S. The molecule has 0 atom stereocenters. The maximum atomic E-state index is 11.8. The van der Waals surface area contributed by atoms with Gasteiger partial charge in [0.25, 0.3) is 0 Å². The molecule has 0 fully saturated rings. The number of esters is 2. The van der Waals surface area contributed by atoms with E-state index in [1.54, 1.807) is 19.1 Å². The second kappa shape index (κ2) is 11.0. The van der Waals surface area contributed by atoms with Gasteiger partial charge in [-0.2, -0.15) is 0 Å². The predicted octanol–water partition coefficient (Wildman–Crippen LogP) is 5.11. The van der Waals surface area contributed by atoms with Crippen LogP contribution in [0.1, 0.15) is 43.0 Å². The molecule has 0 unspecified atom stereocenters. The SMILES string of the molecule is CC=CC(=O)OCCCCCCOC(=O)c1cc(Br)sc1Br. The first kappa shape index (κ1) is 19.4. The van der Waals surface area contributed by atoms with Gasteiger partial charge in [-0.1, -0.05) is 6.08 Å². The number of hydrogen-bond donors (Lipinski definition) is 0. The number of ether oxygens (including phenoxy) is 2. The first-order chi connectivity index (χ1) is 10.5. The summed E-state index contributed by atoms with van der Waals surface area (Å²) < 4.78 is 11.9. The van der Waals surface area contributed by atoms with E-state index >= 15 is 0 Å². The molecule has 0 spiro atoms. The molecule has 1 aromatic heterocycles. The molecule has 0 bridgehead atoms. The van der Waals surface area contributed by atoms with Crippen LogP contribution in [0.25, 0.3) is 0 Å². The van der Waals surface area contributed by atoms with Crippen molar-refractivity contribution in [3.05, 3.63) is 31.4 Å². The molecule has 7 heteroatoms. The molecule has 1 heterocycles. The first-order valence-corrected chi connectivity index (χ1v) is 9.36. The summed E-state index contributed by atoms with van der Waals surface area (Å²) in [6, 6.07) is 1.75. The van der Waals surface area contributed by atoms with Gasteiger partial charge in [0.2, 0.25) is 0 Å². The summed E-state index contributed by atoms with van der Waals surface area (Å²) in [6.45, 7) is 2.60. The van der Waals surface area contributed by atoms with Gasteiger partial charge in [-0.05, 0) is 70.5 Å². The van der Waals surface area contributed by atoms with Crippen LogP contribution in [-0.4, -0.2) is 25.2 Å². The number of thiophene rings is 1. The third kappa shape index (κ3) is 7.56. The second-order valence-corrected chi connectivity index (χ2v) is 8.20. The Kier molecular flexibility index (Phi) is 9.66. The van der Waals surface area contributed by atoms with Gasteiger partial charge in [-0.25, -0.2) is 9.59 Å². The van der Waals surface area contributed by atoms with Crippen LogP contribution in [0.2, 0.25) is 0 Å². The Morgan fingerprint density at radius 2 is 1.77 bits per heavy atom. The van der Waals surface area contributed by atoms with Crippen molar-refractivity contribution in [2.24, 2.45) is 0 Å². The van der Waals surface area contributed by atoms with Crippen molar-refractivity contribution in [3.8, 4) is 0 Å². The van der Waals surface area contributed by atoms with Crippen LogP contribution in [0.4, 0.5) is 0 Å². The molecule has 0 saturated heterocycles. The van der Waals surface area contributed by atoms with Gasteiger partial charge in [0.05, 0.1) is 26.4 Å². The molecule has 0 aliphatic carbocycles. The number of hydrogen-bond acceptors (Lipinski definition) is 5. The fraction of sp³-hybridized carbons (Fsp3) is 0.467. The van der Waals surface area contributed by atoms with E-state index in [0.29, 0.717) is 18.8 Å². The summed E-state index contributed by atoms with van der Waals surface area (Å²) in [5.74, 6) is -0.613. The van der Waals surface area contributed by atoms with Crippen molar-refractivity contribution in [2.75, 3.05) is 13.2 Å². The Morgan fingerprint density at radius 1 is 1.14 bits per heavy atom. The Balaban J connectivity index is 2.05. The van der Waals surface area contributed by atoms with E-state index in [0.717, 1.165) is 33.3 Å². The third-order valence-electron chi connectivity index (χ3n) is 2.70. The highest BCUT2D eigenvalue weighted by Crippen LogP contribution is 2.32. The summed E-state index contributed by atoms with van der Waals surface area (Å²) in [5.41, 5.74) is 0.549. The summed E-state index contributed by atoms with van der Waals surface area (Å²) in [5, 5.41) is 0. The van der Waals surface area contributed by atoms with Crippen LogP contribution in [0, 0.1) is 0 Å². The Labute approximate surface area is 151 Å². The van der Waals surface area contributed by atoms with E-state index in [-0.39, 0.29) is 11.9 Å². The fourth-order valence-electron chi connectivity index (χ4n) is 1.64. The minimum Gasteiger partial charge on any atom is -0.463 e. The highest BCUT2D eigenvalue weighted by molar-refractivity contribution is 9.12. The van der Waals surface area contributed by atoms with Gasteiger partial charge in [-0.3, -0.25) is 0 Å². The molecule has 4 nitrogen and oxygen atoms in total. The third-order valence-corrected chi connectivity index (χ3v) is 5.03. The lowest BCUT2D eigenvalue weighted by atomic mass is 10.2. The summed E-state index contributed by atoms with van der Waals surface area (Å²) in [4.78, 5) is 22.9. The van der Waals surface area contributed by atoms with Crippen LogP contribution in [-0.2, 0) is 14.3 Å². The zero-order valence-electron chi connectivity index (χ0n) is 12.3. The van der Waals surface area contributed by atoms with Crippen LogP contribution >= 0.6 is 43.2 Å². The van der Waals surface area contributed by atoms with Crippen LogP contribution < -0.4 is 0 Å². The summed E-state index contributed by atoms with van der Waals surface area (Å²) >= 11 is 8.10. The number of carbonyl (C=O) groups excluding carboxylic acids is 2.